The van der Waals surface area contributed by atoms with Crippen molar-refractivity contribution in [3.8, 4) is 0 Å². The van der Waals surface area contributed by atoms with Gasteiger partial charge in [0.1, 0.15) is 0 Å². The highest BCUT2D eigenvalue weighted by Gasteiger charge is 2.19. The standard InChI is InChI=1S/C15H25N3O3/c1-11(2)6-12-7-14(21-17-12)8-16-15(20)10-18-5-3-4-13(19)9-18/h7,11,13,19H,3-6,8-10H2,1-2H3,(H,16,20). The van der Waals surface area contributed by atoms with E-state index in [0.29, 0.717) is 31.3 Å². The van der Waals surface area contributed by atoms with Gasteiger partial charge in [-0.15, -0.1) is 0 Å². The number of nitrogens with zero attached hydrogens (tertiary/aromatic N) is 2. The lowest BCUT2D eigenvalue weighted by molar-refractivity contribution is -0.123. The van der Waals surface area contributed by atoms with Crippen LogP contribution in [0.15, 0.2) is 10.6 Å². The molecule has 1 aromatic rings. The van der Waals surface area contributed by atoms with E-state index >= 15 is 0 Å². The van der Waals surface area contributed by atoms with Crippen molar-refractivity contribution in [3.05, 3.63) is 17.5 Å². The summed E-state index contributed by atoms with van der Waals surface area (Å²) in [4.78, 5) is 13.9. The molecule has 0 aliphatic carbocycles. The predicted molar refractivity (Wildman–Crippen MR) is 78.6 cm³/mol. The quantitative estimate of drug-likeness (QED) is 0.817. The third kappa shape index (κ3) is 5.47. The Morgan fingerprint density at radius 2 is 2.43 bits per heavy atom. The molecule has 2 rings (SSSR count). The van der Waals surface area contributed by atoms with Crippen molar-refractivity contribution in [2.75, 3.05) is 19.6 Å². The highest BCUT2D eigenvalue weighted by Crippen LogP contribution is 2.10. The van der Waals surface area contributed by atoms with Crippen LogP contribution in [0.4, 0.5) is 0 Å². The third-order valence-electron chi connectivity index (χ3n) is 3.53. The molecule has 2 N–H and O–H groups in total. The van der Waals surface area contributed by atoms with E-state index in [9.17, 15) is 9.90 Å². The zero-order chi connectivity index (χ0) is 15.2. The van der Waals surface area contributed by atoms with Gasteiger partial charge in [-0.1, -0.05) is 19.0 Å². The van der Waals surface area contributed by atoms with E-state index in [-0.39, 0.29) is 12.0 Å². The van der Waals surface area contributed by atoms with Gasteiger partial charge < -0.3 is 14.9 Å². The number of hydrogen-bond donors (Lipinski definition) is 2. The Morgan fingerprint density at radius 3 is 3.14 bits per heavy atom. The van der Waals surface area contributed by atoms with Crippen LogP contribution in [0, 0.1) is 5.92 Å². The molecule has 21 heavy (non-hydrogen) atoms. The predicted octanol–water partition coefficient (Wildman–Crippen LogP) is 0.946. The molecule has 1 amide bonds. The van der Waals surface area contributed by atoms with Gasteiger partial charge in [-0.3, -0.25) is 9.69 Å². The molecule has 1 aliphatic rings. The van der Waals surface area contributed by atoms with Crippen molar-refractivity contribution in [2.45, 2.75) is 45.8 Å². The zero-order valence-electron chi connectivity index (χ0n) is 12.8. The van der Waals surface area contributed by atoms with E-state index in [2.05, 4.69) is 24.3 Å². The molecule has 1 saturated heterocycles. The van der Waals surface area contributed by atoms with Gasteiger partial charge in [0.05, 0.1) is 24.9 Å². The Balaban J connectivity index is 1.72. The summed E-state index contributed by atoms with van der Waals surface area (Å²) in [5.41, 5.74) is 0.924. The van der Waals surface area contributed by atoms with E-state index in [4.69, 9.17) is 4.52 Å². The minimum Gasteiger partial charge on any atom is -0.392 e. The minimum absolute atomic E-state index is 0.0501. The highest BCUT2D eigenvalue weighted by atomic mass is 16.5. The Hall–Kier alpha value is -1.40. The first-order valence-electron chi connectivity index (χ1n) is 7.64. The summed E-state index contributed by atoms with van der Waals surface area (Å²) in [5.74, 6) is 1.16. The second kappa shape index (κ2) is 7.56. The highest BCUT2D eigenvalue weighted by molar-refractivity contribution is 5.77. The molecule has 0 bridgehead atoms. The van der Waals surface area contributed by atoms with Crippen LogP contribution in [-0.2, 0) is 17.8 Å². The third-order valence-corrected chi connectivity index (χ3v) is 3.53. The van der Waals surface area contributed by atoms with Crippen LogP contribution < -0.4 is 5.32 Å². The Kier molecular flexibility index (Phi) is 5.76. The molecular formula is C15H25N3O3. The molecule has 1 unspecified atom stereocenters. The van der Waals surface area contributed by atoms with Crippen molar-refractivity contribution in [2.24, 2.45) is 5.92 Å². The molecule has 0 radical (unpaired) electrons. The van der Waals surface area contributed by atoms with Gasteiger partial charge in [0.15, 0.2) is 5.76 Å². The summed E-state index contributed by atoms with van der Waals surface area (Å²) in [6.45, 7) is 6.39. The van der Waals surface area contributed by atoms with E-state index in [1.807, 2.05) is 11.0 Å². The molecule has 1 atom stereocenters. The van der Waals surface area contributed by atoms with Crippen LogP contribution in [0.5, 0.6) is 0 Å². The number of aromatic nitrogens is 1. The van der Waals surface area contributed by atoms with Crippen LogP contribution >= 0.6 is 0 Å². The average molecular weight is 295 g/mol. The number of hydrogen-bond acceptors (Lipinski definition) is 5. The molecule has 1 fully saturated rings. The molecule has 2 heterocycles. The monoisotopic (exact) mass is 295 g/mol. The SMILES string of the molecule is CC(C)Cc1cc(CNC(=O)CN2CCCC(O)C2)on1. The molecule has 1 aliphatic heterocycles. The number of β-amino-alcohol motifs (C(OH)–C–C–N with tert-alkyl or cyclic N) is 1. The summed E-state index contributed by atoms with van der Waals surface area (Å²) >= 11 is 0. The van der Waals surface area contributed by atoms with Crippen LogP contribution in [0.25, 0.3) is 0 Å². The molecule has 1 aromatic heterocycles. The first-order chi connectivity index (χ1) is 10.0. The van der Waals surface area contributed by atoms with Gasteiger partial charge in [0, 0.05) is 12.6 Å². The van der Waals surface area contributed by atoms with Crippen LogP contribution in [0.1, 0.15) is 38.1 Å². The number of nitrogens with one attached hydrogen (secondary N) is 1. The fraction of sp³-hybridized carbons (Fsp3) is 0.733. The smallest absolute Gasteiger partial charge is 0.234 e. The van der Waals surface area contributed by atoms with Crippen molar-refractivity contribution >= 4 is 5.91 Å². The number of carbonyl (C=O) groups is 1. The van der Waals surface area contributed by atoms with Crippen LogP contribution in [0.2, 0.25) is 0 Å². The van der Waals surface area contributed by atoms with Crippen molar-refractivity contribution < 1.29 is 14.4 Å². The fourth-order valence-corrected chi connectivity index (χ4v) is 2.57. The Labute approximate surface area is 125 Å². The normalized spacial score (nSPS) is 19.9. The van der Waals surface area contributed by atoms with Crippen molar-refractivity contribution in [1.29, 1.82) is 0 Å². The number of carbonyl (C=O) groups excluding carboxylic acids is 1. The molecule has 0 saturated carbocycles. The summed E-state index contributed by atoms with van der Waals surface area (Å²) in [7, 11) is 0. The first kappa shape index (κ1) is 16.0. The van der Waals surface area contributed by atoms with Gasteiger partial charge in [-0.2, -0.15) is 0 Å². The van der Waals surface area contributed by atoms with Gasteiger partial charge in [-0.25, -0.2) is 0 Å². The number of aliphatic hydroxyl groups is 1. The Bertz CT molecular complexity index is 459. The second-order valence-corrected chi connectivity index (χ2v) is 6.19. The number of amides is 1. The molecule has 0 spiro atoms. The largest absolute Gasteiger partial charge is 0.392 e. The summed E-state index contributed by atoms with van der Waals surface area (Å²) in [6.07, 6.45) is 2.34. The molecule has 6 heteroatoms. The van der Waals surface area contributed by atoms with Crippen molar-refractivity contribution in [3.63, 3.8) is 0 Å². The summed E-state index contributed by atoms with van der Waals surface area (Å²) in [5, 5.41) is 16.4. The maximum atomic E-state index is 11.9. The Morgan fingerprint density at radius 1 is 1.62 bits per heavy atom. The second-order valence-electron chi connectivity index (χ2n) is 6.19. The van der Waals surface area contributed by atoms with E-state index in [1.54, 1.807) is 0 Å². The number of aliphatic hydroxyl groups excluding tert-OH is 1. The van der Waals surface area contributed by atoms with Gasteiger partial charge in [0.25, 0.3) is 0 Å². The molecule has 0 aromatic carbocycles. The average Bonchev–Trinajstić information content (AvgIpc) is 2.83. The van der Waals surface area contributed by atoms with Crippen LogP contribution in [0.3, 0.4) is 0 Å². The molecule has 118 valence electrons. The lowest BCUT2D eigenvalue weighted by atomic mass is 10.1. The van der Waals surface area contributed by atoms with Gasteiger partial charge >= 0.3 is 0 Å². The maximum Gasteiger partial charge on any atom is 0.234 e. The van der Waals surface area contributed by atoms with Crippen LogP contribution in [-0.4, -0.2) is 46.8 Å². The summed E-state index contributed by atoms with van der Waals surface area (Å²) in [6, 6.07) is 1.89. The van der Waals surface area contributed by atoms with Gasteiger partial charge in [-0.05, 0) is 31.7 Å². The lowest BCUT2D eigenvalue weighted by Crippen LogP contribution is -2.44. The van der Waals surface area contributed by atoms with E-state index in [1.165, 1.54) is 0 Å². The number of likely N-dealkylation sites (tertiary alicyclic amines) is 1. The number of piperidine rings is 1. The van der Waals surface area contributed by atoms with Crippen molar-refractivity contribution in [1.82, 2.24) is 15.4 Å². The first-order valence-corrected chi connectivity index (χ1v) is 7.64. The fourth-order valence-electron chi connectivity index (χ4n) is 2.57. The van der Waals surface area contributed by atoms with E-state index in [0.717, 1.165) is 31.5 Å². The molecule has 6 nitrogen and oxygen atoms in total. The lowest BCUT2D eigenvalue weighted by Gasteiger charge is -2.29. The molecular weight excluding hydrogens is 270 g/mol. The number of rotatable bonds is 6. The van der Waals surface area contributed by atoms with E-state index < -0.39 is 0 Å². The van der Waals surface area contributed by atoms with Gasteiger partial charge in [0.2, 0.25) is 5.91 Å². The zero-order valence-corrected chi connectivity index (χ0v) is 12.8. The topological polar surface area (TPSA) is 78.6 Å². The summed E-state index contributed by atoms with van der Waals surface area (Å²) < 4.78 is 5.20. The maximum absolute atomic E-state index is 11.9. The minimum atomic E-state index is -0.306.